The van der Waals surface area contributed by atoms with Gasteiger partial charge in [0.15, 0.2) is 0 Å². The Labute approximate surface area is 111 Å². The molecule has 0 spiro atoms. The van der Waals surface area contributed by atoms with E-state index in [9.17, 15) is 8.42 Å². The Morgan fingerprint density at radius 2 is 2.00 bits per heavy atom. The van der Waals surface area contributed by atoms with Crippen molar-refractivity contribution in [3.8, 4) is 0 Å². The van der Waals surface area contributed by atoms with Crippen LogP contribution in [0.2, 0.25) is 0 Å². The first kappa shape index (κ1) is 15.9. The summed E-state index contributed by atoms with van der Waals surface area (Å²) in [4.78, 5) is 2.38. The van der Waals surface area contributed by atoms with E-state index in [4.69, 9.17) is 0 Å². The van der Waals surface area contributed by atoms with Crippen LogP contribution in [-0.2, 0) is 10.0 Å². The summed E-state index contributed by atoms with van der Waals surface area (Å²) in [5, 5.41) is 3.38. The highest BCUT2D eigenvalue weighted by Crippen LogP contribution is 2.14. The molecule has 0 amide bonds. The fraction of sp³-hybridized carbons (Fsp3) is 1.00. The van der Waals surface area contributed by atoms with Gasteiger partial charge in [-0.2, -0.15) is 0 Å². The van der Waals surface area contributed by atoms with E-state index in [0.717, 1.165) is 13.1 Å². The maximum Gasteiger partial charge on any atom is 0.209 e. The minimum absolute atomic E-state index is 0.444. The molecular weight excluding hydrogens is 250 g/mol. The second-order valence-electron chi connectivity index (χ2n) is 6.02. The van der Waals surface area contributed by atoms with Gasteiger partial charge in [0.05, 0.1) is 6.26 Å². The maximum atomic E-state index is 11.2. The molecule has 1 rings (SSSR count). The van der Waals surface area contributed by atoms with E-state index in [-0.39, 0.29) is 0 Å². The van der Waals surface area contributed by atoms with E-state index >= 15 is 0 Å². The highest BCUT2D eigenvalue weighted by Gasteiger charge is 2.23. The summed E-state index contributed by atoms with van der Waals surface area (Å²) in [6.45, 7) is 6.52. The van der Waals surface area contributed by atoms with Crippen LogP contribution in [0, 0.1) is 0 Å². The van der Waals surface area contributed by atoms with E-state index in [2.05, 4.69) is 22.0 Å². The molecule has 0 bridgehead atoms. The zero-order chi connectivity index (χ0) is 13.8. The van der Waals surface area contributed by atoms with Gasteiger partial charge in [-0.05, 0) is 40.3 Å². The number of likely N-dealkylation sites (N-methyl/N-ethyl adjacent to an activating group) is 1. The number of hydrogen-bond donors (Lipinski definition) is 2. The lowest BCUT2D eigenvalue weighted by Gasteiger charge is -2.34. The monoisotopic (exact) mass is 277 g/mol. The van der Waals surface area contributed by atoms with Gasteiger partial charge in [-0.15, -0.1) is 0 Å². The van der Waals surface area contributed by atoms with Gasteiger partial charge >= 0.3 is 0 Å². The highest BCUT2D eigenvalue weighted by molar-refractivity contribution is 7.88. The van der Waals surface area contributed by atoms with Crippen molar-refractivity contribution in [2.45, 2.75) is 44.7 Å². The molecule has 1 aliphatic rings. The fourth-order valence-corrected chi connectivity index (χ4v) is 3.57. The van der Waals surface area contributed by atoms with Crippen molar-refractivity contribution in [1.29, 1.82) is 0 Å². The standard InChI is InChI=1S/C12H27N3O2S/c1-12(2,14-18(4,16)17)10-13-9-11-7-5-6-8-15(11)3/h11,13-14H,5-10H2,1-4H3. The lowest BCUT2D eigenvalue weighted by atomic mass is 10.0. The Morgan fingerprint density at radius 1 is 1.33 bits per heavy atom. The van der Waals surface area contributed by atoms with Gasteiger partial charge < -0.3 is 10.2 Å². The molecule has 0 aliphatic carbocycles. The minimum atomic E-state index is -3.15. The average molecular weight is 277 g/mol. The first-order valence-corrected chi connectivity index (χ1v) is 8.49. The molecule has 1 atom stereocenters. The van der Waals surface area contributed by atoms with Crippen LogP contribution >= 0.6 is 0 Å². The Balaban J connectivity index is 2.32. The zero-order valence-electron chi connectivity index (χ0n) is 12.0. The molecule has 0 aromatic carbocycles. The molecule has 108 valence electrons. The van der Waals surface area contributed by atoms with Crippen molar-refractivity contribution in [1.82, 2.24) is 14.9 Å². The smallest absolute Gasteiger partial charge is 0.209 e. The van der Waals surface area contributed by atoms with Crippen LogP contribution in [0.4, 0.5) is 0 Å². The van der Waals surface area contributed by atoms with Crippen LogP contribution in [0.1, 0.15) is 33.1 Å². The minimum Gasteiger partial charge on any atom is -0.313 e. The van der Waals surface area contributed by atoms with E-state index in [0.29, 0.717) is 12.6 Å². The van der Waals surface area contributed by atoms with Crippen LogP contribution in [0.3, 0.4) is 0 Å². The number of likely N-dealkylation sites (tertiary alicyclic amines) is 1. The first-order chi connectivity index (χ1) is 8.20. The Hall–Kier alpha value is -0.170. The summed E-state index contributed by atoms with van der Waals surface area (Å²) in [6, 6.07) is 0.577. The van der Waals surface area contributed by atoms with Gasteiger partial charge in [0.2, 0.25) is 10.0 Å². The quantitative estimate of drug-likeness (QED) is 0.737. The zero-order valence-corrected chi connectivity index (χ0v) is 12.8. The maximum absolute atomic E-state index is 11.2. The van der Waals surface area contributed by atoms with Crippen LogP contribution in [0.15, 0.2) is 0 Å². The summed E-state index contributed by atoms with van der Waals surface area (Å²) in [5.41, 5.74) is -0.444. The second-order valence-corrected chi connectivity index (χ2v) is 7.77. The van der Waals surface area contributed by atoms with E-state index < -0.39 is 15.6 Å². The molecule has 1 saturated heterocycles. The Kier molecular flexibility index (Phi) is 5.58. The number of piperidine rings is 1. The molecule has 5 nitrogen and oxygen atoms in total. The molecule has 0 aromatic heterocycles. The lowest BCUT2D eigenvalue weighted by Crippen LogP contribution is -2.52. The van der Waals surface area contributed by atoms with Crippen molar-refractivity contribution < 1.29 is 8.42 Å². The van der Waals surface area contributed by atoms with E-state index in [1.165, 1.54) is 25.5 Å². The topological polar surface area (TPSA) is 61.4 Å². The van der Waals surface area contributed by atoms with Gasteiger partial charge in [0.1, 0.15) is 0 Å². The summed E-state index contributed by atoms with van der Waals surface area (Å²) in [7, 11) is -0.990. The summed E-state index contributed by atoms with van der Waals surface area (Å²) in [6.07, 6.45) is 5.00. The number of hydrogen-bond acceptors (Lipinski definition) is 4. The van der Waals surface area contributed by atoms with Gasteiger partial charge in [0.25, 0.3) is 0 Å². The Bertz CT molecular complexity index is 354. The van der Waals surface area contributed by atoms with Gasteiger partial charge in [-0.3, -0.25) is 0 Å². The molecule has 1 aliphatic heterocycles. The molecule has 6 heteroatoms. The molecule has 1 fully saturated rings. The molecule has 0 saturated carbocycles. The van der Waals surface area contributed by atoms with Gasteiger partial charge in [-0.25, -0.2) is 13.1 Å². The Morgan fingerprint density at radius 3 is 2.56 bits per heavy atom. The van der Waals surface area contributed by atoms with Crippen LogP contribution in [-0.4, -0.2) is 57.8 Å². The third-order valence-electron chi connectivity index (χ3n) is 3.33. The molecule has 0 radical (unpaired) electrons. The second kappa shape index (κ2) is 6.32. The molecule has 2 N–H and O–H groups in total. The SMILES string of the molecule is CN1CCCCC1CNCC(C)(C)NS(C)(=O)=O. The molecular formula is C12H27N3O2S. The fourth-order valence-electron chi connectivity index (χ4n) is 2.49. The molecule has 1 unspecified atom stereocenters. The van der Waals surface area contributed by atoms with Crippen molar-refractivity contribution in [2.75, 3.05) is 32.9 Å². The van der Waals surface area contributed by atoms with Crippen molar-refractivity contribution in [2.24, 2.45) is 0 Å². The van der Waals surface area contributed by atoms with Crippen molar-refractivity contribution in [3.63, 3.8) is 0 Å². The number of sulfonamides is 1. The van der Waals surface area contributed by atoms with Crippen LogP contribution in [0.5, 0.6) is 0 Å². The van der Waals surface area contributed by atoms with E-state index in [1.807, 2.05) is 13.8 Å². The predicted molar refractivity (Wildman–Crippen MR) is 75.2 cm³/mol. The summed E-state index contributed by atoms with van der Waals surface area (Å²) in [5.74, 6) is 0. The number of nitrogens with one attached hydrogen (secondary N) is 2. The number of nitrogens with zero attached hydrogens (tertiary/aromatic N) is 1. The third kappa shape index (κ3) is 6.13. The van der Waals surface area contributed by atoms with Crippen molar-refractivity contribution in [3.05, 3.63) is 0 Å². The highest BCUT2D eigenvalue weighted by atomic mass is 32.2. The first-order valence-electron chi connectivity index (χ1n) is 6.59. The van der Waals surface area contributed by atoms with Gasteiger partial charge in [0, 0.05) is 24.7 Å². The number of rotatable bonds is 6. The predicted octanol–water partition coefficient (Wildman–Crippen LogP) is 0.388. The molecule has 0 aromatic rings. The lowest BCUT2D eigenvalue weighted by molar-refractivity contribution is 0.179. The van der Waals surface area contributed by atoms with Crippen LogP contribution < -0.4 is 10.0 Å². The molecule has 1 heterocycles. The van der Waals surface area contributed by atoms with E-state index in [1.54, 1.807) is 0 Å². The third-order valence-corrected chi connectivity index (χ3v) is 4.25. The summed E-state index contributed by atoms with van der Waals surface area (Å²) >= 11 is 0. The molecule has 18 heavy (non-hydrogen) atoms. The van der Waals surface area contributed by atoms with Crippen molar-refractivity contribution >= 4 is 10.0 Å². The van der Waals surface area contributed by atoms with Crippen LogP contribution in [0.25, 0.3) is 0 Å². The average Bonchev–Trinajstić information content (AvgIpc) is 2.17. The summed E-state index contributed by atoms with van der Waals surface area (Å²) < 4.78 is 25.1. The largest absolute Gasteiger partial charge is 0.313 e. The van der Waals surface area contributed by atoms with Gasteiger partial charge in [-0.1, -0.05) is 6.42 Å². The normalized spacial score (nSPS) is 23.2.